The summed E-state index contributed by atoms with van der Waals surface area (Å²) >= 11 is 0. The van der Waals surface area contributed by atoms with E-state index in [1.54, 1.807) is 11.8 Å². The number of nitrogens with one attached hydrogen (secondary N) is 1. The number of carbonyl (C=O) groups excluding carboxylic acids is 1. The minimum absolute atomic E-state index is 0.0223. The number of hydrogen-bond acceptors (Lipinski definition) is 6. The van der Waals surface area contributed by atoms with Crippen LogP contribution in [-0.2, 0) is 11.2 Å². The Bertz CT molecular complexity index is 1230. The molecule has 1 saturated heterocycles. The van der Waals surface area contributed by atoms with E-state index in [4.69, 9.17) is 9.72 Å². The summed E-state index contributed by atoms with van der Waals surface area (Å²) in [6.45, 7) is 3.15. The standard InChI is InChI=1S/C24H27N7O2/c1-16-27-28-29-31(16)22(14-17-7-5-9-19(13-17)33-2)24(32)30-12-6-8-18(15-30)23-25-20-10-3-4-11-21(20)26-23/h3-5,7,9-11,13,18,22H,6,8,12,14-15H2,1-2H3,(H,25,26). The van der Waals surface area contributed by atoms with E-state index in [9.17, 15) is 4.79 Å². The van der Waals surface area contributed by atoms with Gasteiger partial charge >= 0.3 is 0 Å². The van der Waals surface area contributed by atoms with Gasteiger partial charge in [0.25, 0.3) is 0 Å². The summed E-state index contributed by atoms with van der Waals surface area (Å²) in [7, 11) is 1.64. The van der Waals surface area contributed by atoms with Gasteiger partial charge in [-0.2, -0.15) is 0 Å². The summed E-state index contributed by atoms with van der Waals surface area (Å²) in [6.07, 6.45) is 2.40. The van der Waals surface area contributed by atoms with E-state index in [1.165, 1.54) is 0 Å². The fourth-order valence-corrected chi connectivity index (χ4v) is 4.60. The van der Waals surface area contributed by atoms with Gasteiger partial charge in [-0.25, -0.2) is 9.67 Å². The highest BCUT2D eigenvalue weighted by Gasteiger charge is 2.33. The highest BCUT2D eigenvalue weighted by Crippen LogP contribution is 2.29. The van der Waals surface area contributed by atoms with Crippen LogP contribution in [0.15, 0.2) is 48.5 Å². The fourth-order valence-electron chi connectivity index (χ4n) is 4.60. The lowest BCUT2D eigenvalue weighted by molar-refractivity contribution is -0.136. The lowest BCUT2D eigenvalue weighted by Gasteiger charge is -2.34. The van der Waals surface area contributed by atoms with Crippen molar-refractivity contribution in [3.63, 3.8) is 0 Å². The third-order valence-corrected chi connectivity index (χ3v) is 6.33. The molecule has 33 heavy (non-hydrogen) atoms. The summed E-state index contributed by atoms with van der Waals surface area (Å²) in [5.74, 6) is 2.50. The van der Waals surface area contributed by atoms with Gasteiger partial charge in [0.05, 0.1) is 18.1 Å². The molecule has 0 bridgehead atoms. The highest BCUT2D eigenvalue weighted by atomic mass is 16.5. The molecule has 0 spiro atoms. The second-order valence-electron chi connectivity index (χ2n) is 8.50. The van der Waals surface area contributed by atoms with Crippen molar-refractivity contribution in [3.8, 4) is 5.75 Å². The molecule has 1 amide bonds. The topological polar surface area (TPSA) is 102 Å². The first-order chi connectivity index (χ1) is 16.1. The van der Waals surface area contributed by atoms with Gasteiger partial charge in [0.2, 0.25) is 5.91 Å². The van der Waals surface area contributed by atoms with Crippen LogP contribution in [0, 0.1) is 6.92 Å². The molecule has 0 radical (unpaired) electrons. The van der Waals surface area contributed by atoms with Crippen molar-refractivity contribution in [1.29, 1.82) is 0 Å². The molecule has 2 unspecified atom stereocenters. The summed E-state index contributed by atoms with van der Waals surface area (Å²) in [5.41, 5.74) is 2.97. The number of imidazole rings is 1. The van der Waals surface area contributed by atoms with Crippen LogP contribution in [0.25, 0.3) is 11.0 Å². The zero-order valence-corrected chi connectivity index (χ0v) is 18.8. The summed E-state index contributed by atoms with van der Waals surface area (Å²) in [4.78, 5) is 24.0. The molecular weight excluding hydrogens is 418 g/mol. The van der Waals surface area contributed by atoms with Crippen LogP contribution >= 0.6 is 0 Å². The predicted octanol–water partition coefficient (Wildman–Crippen LogP) is 3.06. The number of aromatic amines is 1. The third kappa shape index (κ3) is 4.30. The van der Waals surface area contributed by atoms with E-state index in [0.29, 0.717) is 25.3 Å². The monoisotopic (exact) mass is 445 g/mol. The van der Waals surface area contributed by atoms with Crippen LogP contribution in [0.1, 0.15) is 42.0 Å². The van der Waals surface area contributed by atoms with Crippen LogP contribution in [0.4, 0.5) is 0 Å². The molecule has 9 heteroatoms. The van der Waals surface area contributed by atoms with Crippen molar-refractivity contribution in [2.45, 2.75) is 38.1 Å². The number of piperidine rings is 1. The van der Waals surface area contributed by atoms with Gasteiger partial charge in [-0.3, -0.25) is 4.79 Å². The predicted molar refractivity (Wildman–Crippen MR) is 123 cm³/mol. The smallest absolute Gasteiger partial charge is 0.247 e. The van der Waals surface area contributed by atoms with Crippen molar-refractivity contribution >= 4 is 16.9 Å². The van der Waals surface area contributed by atoms with Crippen molar-refractivity contribution in [1.82, 2.24) is 35.1 Å². The van der Waals surface area contributed by atoms with Gasteiger partial charge in [-0.1, -0.05) is 24.3 Å². The zero-order valence-electron chi connectivity index (χ0n) is 18.8. The van der Waals surface area contributed by atoms with Crippen LogP contribution in [0.3, 0.4) is 0 Å². The normalized spacial score (nSPS) is 17.3. The number of para-hydroxylation sites is 2. The number of likely N-dealkylation sites (tertiary alicyclic amines) is 1. The number of carbonyl (C=O) groups is 1. The largest absolute Gasteiger partial charge is 0.497 e. The van der Waals surface area contributed by atoms with Crippen LogP contribution < -0.4 is 4.74 Å². The van der Waals surface area contributed by atoms with Crippen LogP contribution in [-0.4, -0.2) is 61.2 Å². The first-order valence-electron chi connectivity index (χ1n) is 11.2. The highest BCUT2D eigenvalue weighted by molar-refractivity contribution is 5.81. The zero-order chi connectivity index (χ0) is 22.8. The van der Waals surface area contributed by atoms with Gasteiger partial charge in [-0.05, 0) is 60.0 Å². The number of nitrogens with zero attached hydrogens (tertiary/aromatic N) is 6. The van der Waals surface area contributed by atoms with E-state index >= 15 is 0 Å². The van der Waals surface area contributed by atoms with Crippen LogP contribution in [0.2, 0.25) is 0 Å². The average Bonchev–Trinajstić information content (AvgIpc) is 3.48. The number of H-pyrrole nitrogens is 1. The average molecular weight is 446 g/mol. The van der Waals surface area contributed by atoms with Gasteiger partial charge in [0.1, 0.15) is 23.4 Å². The Morgan fingerprint density at radius 3 is 2.91 bits per heavy atom. The number of aromatic nitrogens is 6. The molecule has 4 aromatic rings. The Morgan fingerprint density at radius 1 is 1.24 bits per heavy atom. The van der Waals surface area contributed by atoms with Gasteiger partial charge in [0.15, 0.2) is 0 Å². The minimum Gasteiger partial charge on any atom is -0.497 e. The van der Waals surface area contributed by atoms with Crippen LogP contribution in [0.5, 0.6) is 5.75 Å². The van der Waals surface area contributed by atoms with Gasteiger partial charge in [-0.15, -0.1) is 5.10 Å². The number of fused-ring (bicyclic) bond motifs is 1. The molecule has 0 saturated carbocycles. The summed E-state index contributed by atoms with van der Waals surface area (Å²) in [5, 5.41) is 11.9. The lowest BCUT2D eigenvalue weighted by Crippen LogP contribution is -2.44. The second-order valence-corrected chi connectivity index (χ2v) is 8.50. The summed E-state index contributed by atoms with van der Waals surface area (Å²) in [6, 6.07) is 15.3. The number of rotatable bonds is 6. The van der Waals surface area contributed by atoms with E-state index in [-0.39, 0.29) is 11.8 Å². The number of hydrogen-bond donors (Lipinski definition) is 1. The van der Waals surface area contributed by atoms with Crippen molar-refractivity contribution < 1.29 is 9.53 Å². The molecule has 5 rings (SSSR count). The van der Waals surface area contributed by atoms with E-state index < -0.39 is 6.04 Å². The van der Waals surface area contributed by atoms with E-state index in [2.05, 4.69) is 20.5 Å². The first-order valence-corrected chi connectivity index (χ1v) is 11.2. The van der Waals surface area contributed by atoms with E-state index in [0.717, 1.165) is 41.0 Å². The molecule has 2 aromatic heterocycles. The maximum Gasteiger partial charge on any atom is 0.247 e. The molecular formula is C24H27N7O2. The molecule has 3 heterocycles. The maximum absolute atomic E-state index is 13.8. The number of benzene rings is 2. The molecule has 170 valence electrons. The Kier molecular flexibility index (Phi) is 5.77. The van der Waals surface area contributed by atoms with Crippen molar-refractivity contribution in [3.05, 3.63) is 65.7 Å². The van der Waals surface area contributed by atoms with Crippen molar-refractivity contribution in [2.24, 2.45) is 0 Å². The maximum atomic E-state index is 13.8. The molecule has 1 aliphatic heterocycles. The minimum atomic E-state index is -0.526. The Hall–Kier alpha value is -3.75. The molecule has 0 aliphatic carbocycles. The number of amides is 1. The molecule has 1 fully saturated rings. The lowest BCUT2D eigenvalue weighted by atomic mass is 9.96. The second kappa shape index (κ2) is 9.01. The van der Waals surface area contributed by atoms with Gasteiger partial charge in [0, 0.05) is 25.4 Å². The first kappa shape index (κ1) is 21.1. The Labute approximate surface area is 191 Å². The quantitative estimate of drug-likeness (QED) is 0.489. The number of tetrazole rings is 1. The Morgan fingerprint density at radius 2 is 2.12 bits per heavy atom. The molecule has 1 aliphatic rings. The third-order valence-electron chi connectivity index (χ3n) is 6.33. The number of aryl methyl sites for hydroxylation is 1. The fraction of sp³-hybridized carbons (Fsp3) is 0.375. The van der Waals surface area contributed by atoms with Gasteiger partial charge < -0.3 is 14.6 Å². The number of methoxy groups -OCH3 is 1. The molecule has 9 nitrogen and oxygen atoms in total. The molecule has 2 atom stereocenters. The van der Waals surface area contributed by atoms with E-state index in [1.807, 2.05) is 60.4 Å². The summed E-state index contributed by atoms with van der Waals surface area (Å²) < 4.78 is 6.99. The van der Waals surface area contributed by atoms with Crippen molar-refractivity contribution in [2.75, 3.05) is 20.2 Å². The molecule has 2 aromatic carbocycles. The molecule has 1 N–H and O–H groups in total. The SMILES string of the molecule is COc1cccc(CC(C(=O)N2CCCC(c3nc4ccccc4[nH]3)C2)n2nnnc2C)c1. The Balaban J connectivity index is 1.40. The number of ether oxygens (including phenoxy) is 1.